The zero-order chi connectivity index (χ0) is 14.6. The van der Waals surface area contributed by atoms with Crippen molar-refractivity contribution < 1.29 is 13.9 Å². The summed E-state index contributed by atoms with van der Waals surface area (Å²) in [5.74, 6) is -0.471. The third-order valence-electron chi connectivity index (χ3n) is 2.86. The topological polar surface area (TPSA) is 64.4 Å². The first-order chi connectivity index (χ1) is 9.53. The molecule has 6 heteroatoms. The number of carbonyl (C=O) groups excluding carboxylic acids is 1. The normalized spacial score (nSPS) is 11.3. The average Bonchev–Trinajstić information content (AvgIpc) is 3.08. The first kappa shape index (κ1) is 14.6. The molecule has 1 N–H and O–H groups in total. The van der Waals surface area contributed by atoms with Gasteiger partial charge in [0, 0.05) is 16.8 Å². The second kappa shape index (κ2) is 6.09. The molecule has 0 saturated carbocycles. The highest BCUT2D eigenvalue weighted by molar-refractivity contribution is 7.10. The minimum Gasteiger partial charge on any atom is -0.461 e. The second-order valence-electron chi connectivity index (χ2n) is 4.97. The molecule has 20 heavy (non-hydrogen) atoms. The minimum absolute atomic E-state index is 0.0350. The molecular weight excluding hydrogens is 276 g/mol. The highest BCUT2D eigenvalue weighted by atomic mass is 32.1. The maximum absolute atomic E-state index is 11.5. The molecule has 0 spiro atoms. The fraction of sp³-hybridized carbons (Fsp3) is 0.429. The zero-order valence-corrected chi connectivity index (χ0v) is 12.6. The summed E-state index contributed by atoms with van der Waals surface area (Å²) in [7, 11) is 0. The Morgan fingerprint density at radius 1 is 1.55 bits per heavy atom. The van der Waals surface area contributed by atoms with Crippen molar-refractivity contribution in [2.24, 2.45) is 0 Å². The number of thiophene rings is 1. The fourth-order valence-electron chi connectivity index (χ4n) is 1.70. The van der Waals surface area contributed by atoms with Gasteiger partial charge in [-0.25, -0.2) is 4.79 Å². The van der Waals surface area contributed by atoms with Gasteiger partial charge in [-0.2, -0.15) is 4.98 Å². The average molecular weight is 294 g/mol. The van der Waals surface area contributed by atoms with E-state index in [1.807, 2.05) is 6.07 Å². The van der Waals surface area contributed by atoms with E-state index in [-0.39, 0.29) is 11.1 Å². The van der Waals surface area contributed by atoms with E-state index in [0.717, 1.165) is 0 Å². The van der Waals surface area contributed by atoms with E-state index in [2.05, 4.69) is 35.6 Å². The number of rotatable bonds is 6. The molecule has 2 aromatic heterocycles. The number of esters is 1. The third-order valence-corrected chi connectivity index (χ3v) is 4.09. The Hall–Kier alpha value is -1.82. The van der Waals surface area contributed by atoms with Crippen molar-refractivity contribution in [3.63, 3.8) is 0 Å². The molecule has 0 saturated heterocycles. The fourth-order valence-corrected chi connectivity index (χ4v) is 2.55. The van der Waals surface area contributed by atoms with E-state index in [4.69, 9.17) is 9.15 Å². The van der Waals surface area contributed by atoms with E-state index in [9.17, 15) is 4.79 Å². The van der Waals surface area contributed by atoms with Crippen LogP contribution in [0.25, 0.3) is 0 Å². The van der Waals surface area contributed by atoms with Crippen molar-refractivity contribution in [3.05, 3.63) is 34.3 Å². The van der Waals surface area contributed by atoms with Gasteiger partial charge in [0.2, 0.25) is 0 Å². The largest absolute Gasteiger partial charge is 0.461 e. The van der Waals surface area contributed by atoms with Gasteiger partial charge in [-0.05, 0) is 18.4 Å². The summed E-state index contributed by atoms with van der Waals surface area (Å²) in [5, 5.41) is 5.17. The lowest BCUT2D eigenvalue weighted by Crippen LogP contribution is -2.26. The van der Waals surface area contributed by atoms with Gasteiger partial charge in [0.25, 0.3) is 6.01 Å². The SMILES string of the molecule is CCOC(=O)c1coc(NCC(C)(C)c2cccs2)n1. The summed E-state index contributed by atoms with van der Waals surface area (Å²) in [4.78, 5) is 16.8. The second-order valence-corrected chi connectivity index (χ2v) is 5.92. The smallest absolute Gasteiger partial charge is 0.360 e. The predicted molar refractivity (Wildman–Crippen MR) is 78.3 cm³/mol. The van der Waals surface area contributed by atoms with Crippen LogP contribution in [0, 0.1) is 0 Å². The highest BCUT2D eigenvalue weighted by Gasteiger charge is 2.22. The number of ether oxygens (including phenoxy) is 1. The molecule has 0 fully saturated rings. The molecular formula is C14H18N2O3S. The first-order valence-electron chi connectivity index (χ1n) is 6.43. The summed E-state index contributed by atoms with van der Waals surface area (Å²) in [6.07, 6.45) is 1.30. The molecule has 2 heterocycles. The summed E-state index contributed by atoms with van der Waals surface area (Å²) < 4.78 is 10.1. The van der Waals surface area contributed by atoms with Crippen LogP contribution < -0.4 is 5.32 Å². The Labute approximate surface area is 122 Å². The van der Waals surface area contributed by atoms with Crippen LogP contribution in [0.15, 0.2) is 28.2 Å². The Bertz CT molecular complexity index is 561. The number of aromatic nitrogens is 1. The van der Waals surface area contributed by atoms with Crippen LogP contribution in [0.4, 0.5) is 6.01 Å². The summed E-state index contributed by atoms with van der Waals surface area (Å²) in [6, 6.07) is 4.47. The van der Waals surface area contributed by atoms with Crippen molar-refractivity contribution in [1.29, 1.82) is 0 Å². The van der Waals surface area contributed by atoms with Crippen LogP contribution in [-0.4, -0.2) is 24.1 Å². The number of hydrogen-bond acceptors (Lipinski definition) is 6. The van der Waals surface area contributed by atoms with Crippen molar-refractivity contribution in [3.8, 4) is 0 Å². The van der Waals surface area contributed by atoms with Crippen molar-refractivity contribution in [2.75, 3.05) is 18.5 Å². The van der Waals surface area contributed by atoms with Crippen molar-refractivity contribution in [2.45, 2.75) is 26.2 Å². The Morgan fingerprint density at radius 2 is 2.35 bits per heavy atom. The maximum Gasteiger partial charge on any atom is 0.360 e. The van der Waals surface area contributed by atoms with E-state index < -0.39 is 5.97 Å². The number of hydrogen-bond donors (Lipinski definition) is 1. The van der Waals surface area contributed by atoms with Crippen LogP contribution in [0.2, 0.25) is 0 Å². The number of oxazole rings is 1. The molecule has 0 amide bonds. The van der Waals surface area contributed by atoms with E-state index in [1.165, 1.54) is 11.1 Å². The van der Waals surface area contributed by atoms with Gasteiger partial charge in [-0.3, -0.25) is 0 Å². The molecule has 0 aliphatic rings. The molecule has 2 aromatic rings. The predicted octanol–water partition coefficient (Wildman–Crippen LogP) is 3.30. The minimum atomic E-state index is -0.471. The quantitative estimate of drug-likeness (QED) is 0.828. The van der Waals surface area contributed by atoms with Crippen LogP contribution in [0.1, 0.15) is 36.1 Å². The van der Waals surface area contributed by atoms with Crippen LogP contribution in [-0.2, 0) is 10.2 Å². The number of carbonyl (C=O) groups is 1. The molecule has 0 bridgehead atoms. The van der Waals surface area contributed by atoms with Crippen LogP contribution in [0.3, 0.4) is 0 Å². The summed E-state index contributed by atoms with van der Waals surface area (Å²) >= 11 is 1.72. The summed E-state index contributed by atoms with van der Waals surface area (Å²) in [6.45, 7) is 7.01. The highest BCUT2D eigenvalue weighted by Crippen LogP contribution is 2.27. The zero-order valence-electron chi connectivity index (χ0n) is 11.8. The van der Waals surface area contributed by atoms with Gasteiger partial charge < -0.3 is 14.5 Å². The van der Waals surface area contributed by atoms with Crippen molar-refractivity contribution in [1.82, 2.24) is 4.98 Å². The molecule has 2 rings (SSSR count). The Morgan fingerprint density at radius 3 is 3.00 bits per heavy atom. The lowest BCUT2D eigenvalue weighted by Gasteiger charge is -2.22. The monoisotopic (exact) mass is 294 g/mol. The van der Waals surface area contributed by atoms with Gasteiger partial charge in [0.05, 0.1) is 6.61 Å². The molecule has 0 aromatic carbocycles. The number of nitrogens with one attached hydrogen (secondary N) is 1. The Kier molecular flexibility index (Phi) is 4.44. The molecule has 0 aliphatic carbocycles. The standard InChI is InChI=1S/C14H18N2O3S/c1-4-18-12(17)10-8-19-13(16-10)15-9-14(2,3)11-6-5-7-20-11/h5-8H,4,9H2,1-3H3,(H,15,16). The van der Waals surface area contributed by atoms with Crippen LogP contribution in [0.5, 0.6) is 0 Å². The summed E-state index contributed by atoms with van der Waals surface area (Å²) in [5.41, 5.74) is 0.149. The number of nitrogens with zero attached hydrogens (tertiary/aromatic N) is 1. The molecule has 0 aliphatic heterocycles. The van der Waals surface area contributed by atoms with Gasteiger partial charge in [-0.1, -0.05) is 19.9 Å². The van der Waals surface area contributed by atoms with Gasteiger partial charge in [0.15, 0.2) is 5.69 Å². The number of anilines is 1. The lowest BCUT2D eigenvalue weighted by molar-refractivity contribution is 0.0519. The van der Waals surface area contributed by atoms with Gasteiger partial charge >= 0.3 is 5.97 Å². The molecule has 5 nitrogen and oxygen atoms in total. The third kappa shape index (κ3) is 3.39. The first-order valence-corrected chi connectivity index (χ1v) is 7.31. The molecule has 108 valence electrons. The van der Waals surface area contributed by atoms with E-state index in [1.54, 1.807) is 18.3 Å². The van der Waals surface area contributed by atoms with E-state index >= 15 is 0 Å². The maximum atomic E-state index is 11.5. The molecule has 0 radical (unpaired) electrons. The van der Waals surface area contributed by atoms with Gasteiger partial charge in [0.1, 0.15) is 6.26 Å². The molecule has 0 atom stereocenters. The Balaban J connectivity index is 1.96. The lowest BCUT2D eigenvalue weighted by atomic mass is 9.91. The van der Waals surface area contributed by atoms with E-state index in [0.29, 0.717) is 19.2 Å². The van der Waals surface area contributed by atoms with Crippen molar-refractivity contribution >= 4 is 23.3 Å². The molecule has 0 unspecified atom stereocenters. The van der Waals surface area contributed by atoms with Gasteiger partial charge in [-0.15, -0.1) is 11.3 Å². The van der Waals surface area contributed by atoms with Crippen LogP contribution >= 0.6 is 11.3 Å².